The summed E-state index contributed by atoms with van der Waals surface area (Å²) < 4.78 is 4.65. The van der Waals surface area contributed by atoms with Gasteiger partial charge in [-0.2, -0.15) is 0 Å². The summed E-state index contributed by atoms with van der Waals surface area (Å²) in [7, 11) is 1.27. The molecular formula is C11H7Cl2N3O2. The normalized spacial score (nSPS) is 10.2. The quantitative estimate of drug-likeness (QED) is 0.626. The average molecular weight is 284 g/mol. The summed E-state index contributed by atoms with van der Waals surface area (Å²) in [6.45, 7) is 0. The molecule has 0 saturated carbocycles. The van der Waals surface area contributed by atoms with E-state index in [2.05, 4.69) is 19.7 Å². The molecule has 2 aromatic rings. The van der Waals surface area contributed by atoms with Crippen LogP contribution in [0.15, 0.2) is 24.5 Å². The number of hydrogen-bond donors (Lipinski definition) is 0. The number of carbonyl (C=O) groups excluding carboxylic acids is 1. The Morgan fingerprint density at radius 2 is 2.11 bits per heavy atom. The number of pyridine rings is 1. The molecule has 5 nitrogen and oxygen atoms in total. The minimum atomic E-state index is -0.573. The molecule has 2 rings (SSSR count). The maximum atomic E-state index is 11.6. The Labute approximate surface area is 113 Å². The lowest BCUT2D eigenvalue weighted by Crippen LogP contribution is -2.07. The van der Waals surface area contributed by atoms with Crippen LogP contribution in [0.2, 0.25) is 10.3 Å². The molecule has 2 heterocycles. The Bertz CT molecular complexity index is 605. The Morgan fingerprint density at radius 1 is 1.33 bits per heavy atom. The average Bonchev–Trinajstić information content (AvgIpc) is 2.40. The summed E-state index contributed by atoms with van der Waals surface area (Å²) in [5, 5.41) is 0.312. The number of carbonyl (C=O) groups is 1. The Kier molecular flexibility index (Phi) is 3.74. The standard InChI is InChI=1S/C11H7Cl2N3O2/c1-18-10(17)9-6(3-2-4-14-9)8-7(12)5-15-11(13)16-8/h2-5H,1H3. The van der Waals surface area contributed by atoms with E-state index in [1.54, 1.807) is 12.1 Å². The van der Waals surface area contributed by atoms with Gasteiger partial charge in [-0.15, -0.1) is 0 Å². The lowest BCUT2D eigenvalue weighted by Gasteiger charge is -2.07. The van der Waals surface area contributed by atoms with Crippen molar-refractivity contribution in [1.82, 2.24) is 15.0 Å². The number of esters is 1. The van der Waals surface area contributed by atoms with Gasteiger partial charge < -0.3 is 4.74 Å². The third-order valence-electron chi connectivity index (χ3n) is 2.16. The van der Waals surface area contributed by atoms with Crippen LogP contribution >= 0.6 is 23.2 Å². The van der Waals surface area contributed by atoms with Crippen LogP contribution in [-0.2, 0) is 4.74 Å². The zero-order valence-corrected chi connectivity index (χ0v) is 10.7. The molecule has 0 N–H and O–H groups in total. The molecule has 0 aliphatic carbocycles. The van der Waals surface area contributed by atoms with Gasteiger partial charge >= 0.3 is 5.97 Å². The highest BCUT2D eigenvalue weighted by Gasteiger charge is 2.18. The SMILES string of the molecule is COC(=O)c1ncccc1-c1nc(Cl)ncc1Cl. The maximum absolute atomic E-state index is 11.6. The molecule has 0 spiro atoms. The van der Waals surface area contributed by atoms with Gasteiger partial charge in [-0.05, 0) is 23.7 Å². The minimum Gasteiger partial charge on any atom is -0.464 e. The van der Waals surface area contributed by atoms with Crippen LogP contribution in [-0.4, -0.2) is 28.0 Å². The molecule has 0 aliphatic rings. The lowest BCUT2D eigenvalue weighted by atomic mass is 10.1. The number of hydrogen-bond acceptors (Lipinski definition) is 5. The predicted octanol–water partition coefficient (Wildman–Crippen LogP) is 2.63. The van der Waals surface area contributed by atoms with E-state index in [-0.39, 0.29) is 16.0 Å². The molecule has 0 fully saturated rings. The first-order valence-electron chi connectivity index (χ1n) is 4.85. The Hall–Kier alpha value is -1.72. The zero-order chi connectivity index (χ0) is 13.1. The van der Waals surface area contributed by atoms with E-state index < -0.39 is 5.97 Å². The van der Waals surface area contributed by atoms with Crippen molar-refractivity contribution in [3.05, 3.63) is 40.5 Å². The Morgan fingerprint density at radius 3 is 2.83 bits per heavy atom. The molecule has 0 amide bonds. The van der Waals surface area contributed by atoms with Gasteiger partial charge in [-0.25, -0.2) is 19.7 Å². The fourth-order valence-electron chi connectivity index (χ4n) is 1.39. The summed E-state index contributed by atoms with van der Waals surface area (Å²) in [6.07, 6.45) is 2.84. The first-order valence-corrected chi connectivity index (χ1v) is 5.61. The molecule has 0 bridgehead atoms. The number of methoxy groups -OCH3 is 1. The van der Waals surface area contributed by atoms with Crippen LogP contribution in [0.4, 0.5) is 0 Å². The number of ether oxygens (including phenoxy) is 1. The van der Waals surface area contributed by atoms with E-state index in [0.717, 1.165) is 0 Å². The molecule has 2 aromatic heterocycles. The molecule has 0 radical (unpaired) electrons. The monoisotopic (exact) mass is 283 g/mol. The van der Waals surface area contributed by atoms with E-state index in [9.17, 15) is 4.79 Å². The van der Waals surface area contributed by atoms with Crippen molar-refractivity contribution in [2.75, 3.05) is 7.11 Å². The highest BCUT2D eigenvalue weighted by atomic mass is 35.5. The van der Waals surface area contributed by atoms with Gasteiger partial charge in [0, 0.05) is 11.8 Å². The van der Waals surface area contributed by atoms with Crippen molar-refractivity contribution in [3.63, 3.8) is 0 Å². The highest BCUT2D eigenvalue weighted by Crippen LogP contribution is 2.28. The largest absolute Gasteiger partial charge is 0.464 e. The molecule has 0 saturated heterocycles. The van der Waals surface area contributed by atoms with Crippen LogP contribution in [0.25, 0.3) is 11.3 Å². The van der Waals surface area contributed by atoms with E-state index >= 15 is 0 Å². The molecule has 18 heavy (non-hydrogen) atoms. The third kappa shape index (κ3) is 2.42. The fourth-order valence-corrected chi connectivity index (χ4v) is 1.72. The third-order valence-corrected chi connectivity index (χ3v) is 2.61. The van der Waals surface area contributed by atoms with Crippen molar-refractivity contribution >= 4 is 29.2 Å². The van der Waals surface area contributed by atoms with Gasteiger partial charge in [0.2, 0.25) is 5.28 Å². The summed E-state index contributed by atoms with van der Waals surface area (Å²) in [6, 6.07) is 3.32. The van der Waals surface area contributed by atoms with Crippen molar-refractivity contribution in [2.45, 2.75) is 0 Å². The van der Waals surface area contributed by atoms with E-state index in [1.165, 1.54) is 19.5 Å². The first-order chi connectivity index (χ1) is 8.63. The fraction of sp³-hybridized carbons (Fsp3) is 0.0909. The van der Waals surface area contributed by atoms with Gasteiger partial charge in [0.15, 0.2) is 5.69 Å². The van der Waals surface area contributed by atoms with E-state index in [0.29, 0.717) is 11.3 Å². The number of halogens is 2. The maximum Gasteiger partial charge on any atom is 0.357 e. The number of nitrogens with zero attached hydrogens (tertiary/aromatic N) is 3. The van der Waals surface area contributed by atoms with E-state index in [1.807, 2.05) is 0 Å². The van der Waals surface area contributed by atoms with Crippen LogP contribution in [0.5, 0.6) is 0 Å². The van der Waals surface area contributed by atoms with Gasteiger partial charge in [-0.1, -0.05) is 11.6 Å². The van der Waals surface area contributed by atoms with Gasteiger partial charge in [0.05, 0.1) is 24.0 Å². The summed E-state index contributed by atoms with van der Waals surface area (Å²) in [5.74, 6) is -0.573. The predicted molar refractivity (Wildman–Crippen MR) is 66.6 cm³/mol. The van der Waals surface area contributed by atoms with Crippen LogP contribution in [0.3, 0.4) is 0 Å². The van der Waals surface area contributed by atoms with Gasteiger partial charge in [0.1, 0.15) is 0 Å². The van der Waals surface area contributed by atoms with Crippen molar-refractivity contribution < 1.29 is 9.53 Å². The molecule has 0 aliphatic heterocycles. The second kappa shape index (κ2) is 5.29. The van der Waals surface area contributed by atoms with E-state index in [4.69, 9.17) is 23.2 Å². The van der Waals surface area contributed by atoms with Gasteiger partial charge in [0.25, 0.3) is 0 Å². The van der Waals surface area contributed by atoms with Crippen molar-refractivity contribution in [3.8, 4) is 11.3 Å². The minimum absolute atomic E-state index is 0.0362. The lowest BCUT2D eigenvalue weighted by molar-refractivity contribution is 0.0595. The highest BCUT2D eigenvalue weighted by molar-refractivity contribution is 6.33. The summed E-state index contributed by atoms with van der Waals surface area (Å²) in [5.41, 5.74) is 0.903. The topological polar surface area (TPSA) is 65.0 Å². The van der Waals surface area contributed by atoms with Gasteiger partial charge in [-0.3, -0.25) is 0 Å². The summed E-state index contributed by atoms with van der Waals surface area (Å²) in [4.78, 5) is 23.3. The molecule has 0 aromatic carbocycles. The smallest absolute Gasteiger partial charge is 0.357 e. The molecule has 92 valence electrons. The zero-order valence-electron chi connectivity index (χ0n) is 9.22. The second-order valence-electron chi connectivity index (χ2n) is 3.23. The van der Waals surface area contributed by atoms with Crippen molar-refractivity contribution in [1.29, 1.82) is 0 Å². The van der Waals surface area contributed by atoms with Crippen LogP contribution in [0.1, 0.15) is 10.5 Å². The summed E-state index contributed by atoms with van der Waals surface area (Å²) >= 11 is 11.7. The molecule has 7 heteroatoms. The molecule has 0 atom stereocenters. The van der Waals surface area contributed by atoms with Crippen molar-refractivity contribution in [2.24, 2.45) is 0 Å². The van der Waals surface area contributed by atoms with Crippen LogP contribution < -0.4 is 0 Å². The Balaban J connectivity index is 2.64. The number of aromatic nitrogens is 3. The second-order valence-corrected chi connectivity index (χ2v) is 3.97. The van der Waals surface area contributed by atoms with Crippen LogP contribution in [0, 0.1) is 0 Å². The number of rotatable bonds is 2. The molecular weight excluding hydrogens is 277 g/mol. The molecule has 0 unspecified atom stereocenters. The first kappa shape index (κ1) is 12.7.